The predicted octanol–water partition coefficient (Wildman–Crippen LogP) is 1.63. The average Bonchev–Trinajstić information content (AvgIpc) is 2.79. The number of anilines is 1. The van der Waals surface area contributed by atoms with Gasteiger partial charge in [-0.3, -0.25) is 4.79 Å². The van der Waals surface area contributed by atoms with Gasteiger partial charge in [-0.25, -0.2) is 0 Å². The van der Waals surface area contributed by atoms with Crippen LogP contribution in [0.5, 0.6) is 0 Å². The summed E-state index contributed by atoms with van der Waals surface area (Å²) < 4.78 is 0.736. The fourth-order valence-electron chi connectivity index (χ4n) is 2.15. The topological polar surface area (TPSA) is 66.6 Å². The van der Waals surface area contributed by atoms with Crippen LogP contribution in [0.15, 0.2) is 22.7 Å². The Morgan fingerprint density at radius 2 is 2.35 bits per heavy atom. The van der Waals surface area contributed by atoms with Crippen LogP contribution in [0.25, 0.3) is 0 Å². The van der Waals surface area contributed by atoms with Crippen molar-refractivity contribution in [3.63, 3.8) is 0 Å². The van der Waals surface area contributed by atoms with Gasteiger partial charge >= 0.3 is 0 Å². The van der Waals surface area contributed by atoms with E-state index in [-0.39, 0.29) is 18.6 Å². The number of aliphatic hydroxyl groups is 1. The Labute approximate surface area is 109 Å². The third-order valence-corrected chi connectivity index (χ3v) is 3.76. The van der Waals surface area contributed by atoms with Crippen molar-refractivity contribution in [3.8, 4) is 0 Å². The molecule has 1 aliphatic rings. The van der Waals surface area contributed by atoms with Crippen LogP contribution in [0.3, 0.4) is 0 Å². The monoisotopic (exact) mass is 298 g/mol. The average molecular weight is 299 g/mol. The molecular formula is C12H15BrN2O2. The summed E-state index contributed by atoms with van der Waals surface area (Å²) in [5.41, 5.74) is 6.82. The third kappa shape index (κ3) is 2.45. The molecule has 1 fully saturated rings. The number of amides is 1. The van der Waals surface area contributed by atoms with Gasteiger partial charge in [0.25, 0.3) is 5.91 Å². The highest BCUT2D eigenvalue weighted by molar-refractivity contribution is 9.10. The fraction of sp³-hybridized carbons (Fsp3) is 0.417. The van der Waals surface area contributed by atoms with Crippen molar-refractivity contribution in [2.24, 2.45) is 0 Å². The van der Waals surface area contributed by atoms with Crippen molar-refractivity contribution in [1.29, 1.82) is 0 Å². The Bertz CT molecular complexity index is 437. The third-order valence-electron chi connectivity index (χ3n) is 3.07. The lowest BCUT2D eigenvalue weighted by atomic mass is 10.1. The van der Waals surface area contributed by atoms with Crippen molar-refractivity contribution in [3.05, 3.63) is 28.2 Å². The number of carbonyl (C=O) groups is 1. The first kappa shape index (κ1) is 12.4. The molecule has 1 aromatic carbocycles. The van der Waals surface area contributed by atoms with E-state index in [1.807, 2.05) is 0 Å². The van der Waals surface area contributed by atoms with E-state index in [0.717, 1.165) is 17.3 Å². The van der Waals surface area contributed by atoms with Gasteiger partial charge < -0.3 is 15.7 Å². The molecule has 17 heavy (non-hydrogen) atoms. The lowest BCUT2D eigenvalue weighted by Gasteiger charge is -2.23. The quantitative estimate of drug-likeness (QED) is 0.816. The predicted molar refractivity (Wildman–Crippen MR) is 69.7 cm³/mol. The molecule has 3 N–H and O–H groups in total. The number of likely N-dealkylation sites (tertiary alicyclic amines) is 1. The van der Waals surface area contributed by atoms with Crippen molar-refractivity contribution in [1.82, 2.24) is 4.90 Å². The first-order valence-electron chi connectivity index (χ1n) is 5.60. The minimum absolute atomic E-state index is 0.0195. The normalized spacial score (nSPS) is 19.6. The number of hydrogen-bond donors (Lipinski definition) is 2. The summed E-state index contributed by atoms with van der Waals surface area (Å²) in [7, 11) is 0. The first-order chi connectivity index (χ1) is 8.13. The highest BCUT2D eigenvalue weighted by Crippen LogP contribution is 2.25. The van der Waals surface area contributed by atoms with Gasteiger partial charge in [0.05, 0.1) is 18.2 Å². The number of benzene rings is 1. The number of nitrogens with two attached hydrogens (primary N) is 1. The molecule has 1 atom stereocenters. The molecule has 0 radical (unpaired) electrons. The molecule has 4 nitrogen and oxygen atoms in total. The lowest BCUT2D eigenvalue weighted by Crippen LogP contribution is -2.37. The molecule has 1 heterocycles. The molecule has 2 rings (SSSR count). The second-order valence-corrected chi connectivity index (χ2v) is 5.07. The molecule has 5 heteroatoms. The molecule has 0 aromatic heterocycles. The number of nitrogen functional groups attached to an aromatic ring is 1. The van der Waals surface area contributed by atoms with E-state index in [1.54, 1.807) is 23.1 Å². The summed E-state index contributed by atoms with van der Waals surface area (Å²) >= 11 is 3.35. The van der Waals surface area contributed by atoms with Crippen molar-refractivity contribution in [2.75, 3.05) is 18.9 Å². The highest BCUT2D eigenvalue weighted by Gasteiger charge is 2.29. The Hall–Kier alpha value is -1.07. The van der Waals surface area contributed by atoms with Crippen LogP contribution in [0.2, 0.25) is 0 Å². The molecule has 0 aliphatic carbocycles. The van der Waals surface area contributed by atoms with Crippen LogP contribution in [-0.2, 0) is 0 Å². The van der Waals surface area contributed by atoms with Gasteiger partial charge in [-0.2, -0.15) is 0 Å². The van der Waals surface area contributed by atoms with E-state index >= 15 is 0 Å². The largest absolute Gasteiger partial charge is 0.399 e. The van der Waals surface area contributed by atoms with Gasteiger partial charge in [0, 0.05) is 16.7 Å². The Balaban J connectivity index is 2.27. The first-order valence-corrected chi connectivity index (χ1v) is 6.39. The molecule has 0 saturated carbocycles. The number of hydrogen-bond acceptors (Lipinski definition) is 3. The van der Waals surface area contributed by atoms with Crippen molar-refractivity contribution in [2.45, 2.75) is 18.9 Å². The number of carbonyl (C=O) groups excluding carboxylic acids is 1. The zero-order valence-corrected chi connectivity index (χ0v) is 11.0. The zero-order chi connectivity index (χ0) is 12.4. The molecule has 1 aliphatic heterocycles. The van der Waals surface area contributed by atoms with E-state index < -0.39 is 0 Å². The molecule has 1 amide bonds. The maximum atomic E-state index is 12.3. The summed E-state index contributed by atoms with van der Waals surface area (Å²) in [5.74, 6) is -0.0688. The van der Waals surface area contributed by atoms with Crippen LogP contribution in [-0.4, -0.2) is 35.1 Å². The Morgan fingerprint density at radius 1 is 1.59 bits per heavy atom. The highest BCUT2D eigenvalue weighted by atomic mass is 79.9. The lowest BCUT2D eigenvalue weighted by molar-refractivity contribution is 0.0677. The Morgan fingerprint density at radius 3 is 3.06 bits per heavy atom. The van der Waals surface area contributed by atoms with Crippen molar-refractivity contribution >= 4 is 27.5 Å². The van der Waals surface area contributed by atoms with Crippen LogP contribution >= 0.6 is 15.9 Å². The molecule has 0 spiro atoms. The molecule has 0 unspecified atom stereocenters. The van der Waals surface area contributed by atoms with E-state index in [2.05, 4.69) is 15.9 Å². The van der Waals surface area contributed by atoms with Gasteiger partial charge in [0.15, 0.2) is 0 Å². The number of halogens is 1. The number of nitrogens with zero attached hydrogens (tertiary/aromatic N) is 1. The second-order valence-electron chi connectivity index (χ2n) is 4.22. The summed E-state index contributed by atoms with van der Waals surface area (Å²) in [6.07, 6.45) is 1.80. The summed E-state index contributed by atoms with van der Waals surface area (Å²) in [6.45, 7) is 0.719. The SMILES string of the molecule is Nc1ccc(Br)c(C(=O)N2CCC[C@H]2CO)c1. The summed E-state index contributed by atoms with van der Waals surface area (Å²) in [6, 6.07) is 5.12. The summed E-state index contributed by atoms with van der Waals surface area (Å²) in [5, 5.41) is 9.23. The standard InChI is InChI=1S/C12H15BrN2O2/c13-11-4-3-8(14)6-10(11)12(17)15-5-1-2-9(15)7-16/h3-4,6,9,16H,1-2,5,7,14H2/t9-/m0/s1. The van der Waals surface area contributed by atoms with Crippen LogP contribution in [0.4, 0.5) is 5.69 Å². The maximum absolute atomic E-state index is 12.3. The van der Waals surface area contributed by atoms with Crippen molar-refractivity contribution < 1.29 is 9.90 Å². The smallest absolute Gasteiger partial charge is 0.255 e. The van der Waals surface area contributed by atoms with E-state index in [9.17, 15) is 9.90 Å². The van der Waals surface area contributed by atoms with E-state index in [4.69, 9.17) is 5.73 Å². The maximum Gasteiger partial charge on any atom is 0.255 e. The Kier molecular flexibility index (Phi) is 3.69. The summed E-state index contributed by atoms with van der Waals surface area (Å²) in [4.78, 5) is 14.0. The molecule has 0 bridgehead atoms. The van der Waals surface area contributed by atoms with E-state index in [0.29, 0.717) is 17.8 Å². The second kappa shape index (κ2) is 5.06. The van der Waals surface area contributed by atoms with Gasteiger partial charge in [-0.05, 0) is 47.0 Å². The van der Waals surface area contributed by atoms with Crippen LogP contribution in [0, 0.1) is 0 Å². The molecule has 92 valence electrons. The van der Waals surface area contributed by atoms with Gasteiger partial charge in [-0.15, -0.1) is 0 Å². The minimum atomic E-state index is -0.0688. The van der Waals surface area contributed by atoms with Crippen LogP contribution < -0.4 is 5.73 Å². The molecular weight excluding hydrogens is 284 g/mol. The fourth-order valence-corrected chi connectivity index (χ4v) is 2.57. The molecule has 1 saturated heterocycles. The van der Waals surface area contributed by atoms with Gasteiger partial charge in [0.2, 0.25) is 0 Å². The minimum Gasteiger partial charge on any atom is -0.399 e. The molecule has 1 aromatic rings. The van der Waals surface area contributed by atoms with Gasteiger partial charge in [-0.1, -0.05) is 0 Å². The van der Waals surface area contributed by atoms with Crippen LogP contribution in [0.1, 0.15) is 23.2 Å². The van der Waals surface area contributed by atoms with E-state index in [1.165, 1.54) is 0 Å². The number of rotatable bonds is 2. The zero-order valence-electron chi connectivity index (χ0n) is 9.40. The van der Waals surface area contributed by atoms with Gasteiger partial charge in [0.1, 0.15) is 0 Å². The number of aliphatic hydroxyl groups excluding tert-OH is 1.